The van der Waals surface area contributed by atoms with Gasteiger partial charge in [-0.15, -0.1) is 10.2 Å². The van der Waals surface area contributed by atoms with Gasteiger partial charge in [-0.3, -0.25) is 4.57 Å². The van der Waals surface area contributed by atoms with E-state index < -0.39 is 0 Å². The highest BCUT2D eigenvalue weighted by Gasteiger charge is 2.20. The van der Waals surface area contributed by atoms with E-state index in [0.29, 0.717) is 26.6 Å². The Labute approximate surface area is 168 Å². The number of rotatable bonds is 5. The van der Waals surface area contributed by atoms with Crippen molar-refractivity contribution < 1.29 is 9.84 Å². The van der Waals surface area contributed by atoms with Crippen molar-refractivity contribution in [3.05, 3.63) is 59.1 Å². The molecule has 2 aromatic heterocycles. The lowest BCUT2D eigenvalue weighted by Crippen LogP contribution is -1.99. The molecule has 27 heavy (non-hydrogen) atoms. The predicted octanol–water partition coefficient (Wildman–Crippen LogP) is 4.91. The Bertz CT molecular complexity index is 1080. The summed E-state index contributed by atoms with van der Waals surface area (Å²) in [4.78, 5) is 4.27. The summed E-state index contributed by atoms with van der Waals surface area (Å²) in [6.45, 7) is 0. The number of ether oxygens (including phenoxy) is 1. The zero-order valence-corrected chi connectivity index (χ0v) is 16.4. The summed E-state index contributed by atoms with van der Waals surface area (Å²) in [6.07, 6.45) is 1.60. The number of halogens is 1. The maximum Gasteiger partial charge on any atom is 0.203 e. The highest BCUT2D eigenvalue weighted by molar-refractivity contribution is 8.00. The summed E-state index contributed by atoms with van der Waals surface area (Å²) in [5.41, 5.74) is 1.39. The normalized spacial score (nSPS) is 10.9. The summed E-state index contributed by atoms with van der Waals surface area (Å²) in [5, 5.41) is 19.6. The second-order valence-corrected chi connectivity index (χ2v) is 8.27. The van der Waals surface area contributed by atoms with E-state index >= 15 is 0 Å². The van der Waals surface area contributed by atoms with E-state index in [-0.39, 0.29) is 5.75 Å². The van der Waals surface area contributed by atoms with Gasteiger partial charge in [0.15, 0.2) is 10.2 Å². The van der Waals surface area contributed by atoms with Crippen LogP contribution in [0, 0.1) is 0 Å². The van der Waals surface area contributed by atoms with Gasteiger partial charge in [0, 0.05) is 5.69 Å². The van der Waals surface area contributed by atoms with E-state index in [2.05, 4.69) is 15.2 Å². The molecule has 4 aromatic rings. The minimum absolute atomic E-state index is 0.0919. The van der Waals surface area contributed by atoms with Crippen molar-refractivity contribution >= 4 is 34.7 Å². The largest absolute Gasteiger partial charge is 0.507 e. The minimum Gasteiger partial charge on any atom is -0.507 e. The molecule has 136 valence electrons. The molecule has 6 nitrogen and oxygen atoms in total. The third kappa shape index (κ3) is 3.64. The fourth-order valence-electron chi connectivity index (χ4n) is 2.51. The highest BCUT2D eigenvalue weighted by Crippen LogP contribution is 2.38. The molecule has 2 aromatic carbocycles. The van der Waals surface area contributed by atoms with Crippen LogP contribution in [0.5, 0.6) is 11.5 Å². The molecule has 0 amide bonds. The van der Waals surface area contributed by atoms with Crippen molar-refractivity contribution in [3.63, 3.8) is 0 Å². The Kier molecular flexibility index (Phi) is 5.02. The molecule has 2 heterocycles. The Balaban J connectivity index is 1.87. The molecule has 0 bridgehead atoms. The van der Waals surface area contributed by atoms with E-state index in [1.807, 2.05) is 34.9 Å². The summed E-state index contributed by atoms with van der Waals surface area (Å²) in [5.74, 6) is 1.21. The molecule has 4 rings (SSSR count). The van der Waals surface area contributed by atoms with Gasteiger partial charge in [0.05, 0.1) is 18.9 Å². The summed E-state index contributed by atoms with van der Waals surface area (Å²) < 4.78 is 8.52. The molecular formula is C18H13ClN4O2S2. The van der Waals surface area contributed by atoms with E-state index in [1.165, 1.54) is 23.1 Å². The molecule has 0 aliphatic rings. The van der Waals surface area contributed by atoms with Crippen molar-refractivity contribution in [2.24, 2.45) is 0 Å². The van der Waals surface area contributed by atoms with Crippen LogP contribution < -0.4 is 4.74 Å². The molecule has 1 N–H and O–H groups in total. The highest BCUT2D eigenvalue weighted by atomic mass is 35.5. The first-order chi connectivity index (χ1) is 13.2. The third-order valence-electron chi connectivity index (χ3n) is 3.73. The molecule has 0 aliphatic carbocycles. The Morgan fingerprint density at radius 1 is 1.15 bits per heavy atom. The van der Waals surface area contributed by atoms with Crippen LogP contribution in [0.3, 0.4) is 0 Å². The molecule has 0 spiro atoms. The molecule has 9 heteroatoms. The number of phenolic OH excluding ortho intramolecular Hbond substituents is 1. The van der Waals surface area contributed by atoms with Gasteiger partial charge in [-0.1, -0.05) is 41.1 Å². The van der Waals surface area contributed by atoms with Crippen molar-refractivity contribution in [3.8, 4) is 28.6 Å². The zero-order chi connectivity index (χ0) is 18.8. The van der Waals surface area contributed by atoms with E-state index in [0.717, 1.165) is 10.0 Å². The topological polar surface area (TPSA) is 73.1 Å². The SMILES string of the molecule is COc1ccc(O)c(-c2nnc(Sc3ncc(Cl)s3)n2-c2ccccc2)c1. The number of phenols is 1. The van der Waals surface area contributed by atoms with E-state index in [1.54, 1.807) is 31.5 Å². The number of methoxy groups -OCH3 is 1. The Morgan fingerprint density at radius 2 is 1.96 bits per heavy atom. The fourth-order valence-corrected chi connectivity index (χ4v) is 4.58. The van der Waals surface area contributed by atoms with Gasteiger partial charge in [0.1, 0.15) is 15.8 Å². The number of benzene rings is 2. The number of para-hydroxylation sites is 1. The number of nitrogens with zero attached hydrogens (tertiary/aromatic N) is 4. The average Bonchev–Trinajstić information content (AvgIpc) is 3.29. The Morgan fingerprint density at radius 3 is 2.67 bits per heavy atom. The maximum atomic E-state index is 10.4. The minimum atomic E-state index is 0.0919. The number of thiazole rings is 1. The zero-order valence-electron chi connectivity index (χ0n) is 14.0. The van der Waals surface area contributed by atoms with Crippen LogP contribution in [0.25, 0.3) is 17.1 Å². The molecule has 0 aliphatic heterocycles. The van der Waals surface area contributed by atoms with Crippen LogP contribution in [0.15, 0.2) is 64.2 Å². The van der Waals surface area contributed by atoms with Gasteiger partial charge in [0.25, 0.3) is 0 Å². The standard InChI is InChI=1S/C18H13ClN4O2S2/c1-25-12-7-8-14(24)13(9-12)16-21-22-17(27-18-20-10-15(19)26-18)23(16)11-5-3-2-4-6-11/h2-10,24H,1H3. The first-order valence-electron chi connectivity index (χ1n) is 7.83. The Hall–Kier alpha value is -2.55. The fraction of sp³-hybridized carbons (Fsp3) is 0.0556. The molecule has 0 saturated carbocycles. The van der Waals surface area contributed by atoms with Gasteiger partial charge < -0.3 is 9.84 Å². The lowest BCUT2D eigenvalue weighted by atomic mass is 10.1. The van der Waals surface area contributed by atoms with Gasteiger partial charge >= 0.3 is 0 Å². The molecular weight excluding hydrogens is 404 g/mol. The summed E-state index contributed by atoms with van der Waals surface area (Å²) in [7, 11) is 1.57. The lowest BCUT2D eigenvalue weighted by molar-refractivity contribution is 0.412. The second kappa shape index (κ2) is 7.59. The van der Waals surface area contributed by atoms with Crippen LogP contribution in [0.4, 0.5) is 0 Å². The number of aromatic hydroxyl groups is 1. The summed E-state index contributed by atoms with van der Waals surface area (Å²) >= 11 is 8.72. The predicted molar refractivity (Wildman–Crippen MR) is 106 cm³/mol. The number of hydrogen-bond donors (Lipinski definition) is 1. The molecule has 0 atom stereocenters. The second-order valence-electron chi connectivity index (χ2n) is 5.39. The van der Waals surface area contributed by atoms with Crippen LogP contribution in [-0.4, -0.2) is 32.0 Å². The maximum absolute atomic E-state index is 10.4. The van der Waals surface area contributed by atoms with Gasteiger partial charge in [-0.05, 0) is 42.1 Å². The summed E-state index contributed by atoms with van der Waals surface area (Å²) in [6, 6.07) is 14.7. The smallest absolute Gasteiger partial charge is 0.203 e. The van der Waals surface area contributed by atoms with Gasteiger partial charge in [0.2, 0.25) is 5.16 Å². The van der Waals surface area contributed by atoms with Gasteiger partial charge in [-0.2, -0.15) is 0 Å². The molecule has 0 saturated heterocycles. The monoisotopic (exact) mass is 416 g/mol. The van der Waals surface area contributed by atoms with Crippen molar-refractivity contribution in [2.45, 2.75) is 9.50 Å². The van der Waals surface area contributed by atoms with Crippen LogP contribution in [-0.2, 0) is 0 Å². The van der Waals surface area contributed by atoms with E-state index in [4.69, 9.17) is 16.3 Å². The van der Waals surface area contributed by atoms with E-state index in [9.17, 15) is 5.11 Å². The van der Waals surface area contributed by atoms with Crippen molar-refractivity contribution in [1.29, 1.82) is 0 Å². The van der Waals surface area contributed by atoms with Crippen LogP contribution in [0.1, 0.15) is 0 Å². The van der Waals surface area contributed by atoms with Gasteiger partial charge in [-0.25, -0.2) is 4.98 Å². The van der Waals surface area contributed by atoms with Crippen molar-refractivity contribution in [1.82, 2.24) is 19.7 Å². The first kappa shape index (κ1) is 17.8. The lowest BCUT2D eigenvalue weighted by Gasteiger charge is -2.11. The third-order valence-corrected chi connectivity index (χ3v) is 5.86. The number of aromatic nitrogens is 4. The van der Waals surface area contributed by atoms with Crippen molar-refractivity contribution in [2.75, 3.05) is 7.11 Å². The van der Waals surface area contributed by atoms with Crippen LogP contribution >= 0.6 is 34.7 Å². The molecule has 0 unspecified atom stereocenters. The molecule has 0 fully saturated rings. The van der Waals surface area contributed by atoms with Crippen LogP contribution in [0.2, 0.25) is 4.34 Å². The average molecular weight is 417 g/mol. The number of hydrogen-bond acceptors (Lipinski definition) is 7. The quantitative estimate of drug-likeness (QED) is 0.498. The molecule has 0 radical (unpaired) electrons. The first-order valence-corrected chi connectivity index (χ1v) is 9.84.